The Hall–Kier alpha value is -4.32. The molecule has 1 aliphatic rings. The molecule has 0 amide bonds. The first-order valence-corrected chi connectivity index (χ1v) is 11.0. The third kappa shape index (κ3) is 3.83. The van der Waals surface area contributed by atoms with Gasteiger partial charge in [-0.05, 0) is 54.5 Å². The number of esters is 1. The average Bonchev–Trinajstić information content (AvgIpc) is 3.24. The van der Waals surface area contributed by atoms with Gasteiger partial charge in [-0.1, -0.05) is 48.5 Å². The maximum absolute atomic E-state index is 13.5. The zero-order chi connectivity index (χ0) is 23.7. The Bertz CT molecular complexity index is 1420. The zero-order valence-electron chi connectivity index (χ0n) is 18.5. The minimum Gasteiger partial charge on any atom is -0.462 e. The van der Waals surface area contributed by atoms with Crippen LogP contribution >= 0.6 is 0 Å². The summed E-state index contributed by atoms with van der Waals surface area (Å²) in [6.07, 6.45) is 1.85. The number of carbonyl (C=O) groups excluding carboxylic acids is 1. The Balaban J connectivity index is 1.76. The molecule has 5 rings (SSSR count). The van der Waals surface area contributed by atoms with Crippen LogP contribution < -0.4 is 5.73 Å². The first-order chi connectivity index (χ1) is 16.6. The van der Waals surface area contributed by atoms with Gasteiger partial charge in [0.05, 0.1) is 12.3 Å². The highest BCUT2D eigenvalue weighted by Crippen LogP contribution is 2.44. The van der Waals surface area contributed by atoms with Crippen LogP contribution in [0.25, 0.3) is 27.9 Å². The van der Waals surface area contributed by atoms with Crippen LogP contribution in [0.15, 0.2) is 96.4 Å². The molecule has 3 N–H and O–H groups in total. The number of aromatic amines is 1. The van der Waals surface area contributed by atoms with Crippen molar-refractivity contribution in [2.45, 2.75) is 12.8 Å². The van der Waals surface area contributed by atoms with Crippen molar-refractivity contribution in [1.29, 1.82) is 0 Å². The number of fused-ring (bicyclic) bond motifs is 1. The second kappa shape index (κ2) is 8.90. The van der Waals surface area contributed by atoms with E-state index in [1.165, 1.54) is 12.1 Å². The summed E-state index contributed by atoms with van der Waals surface area (Å²) in [4.78, 5) is 16.6. The van der Waals surface area contributed by atoms with E-state index in [0.29, 0.717) is 11.3 Å². The Morgan fingerprint density at radius 3 is 2.44 bits per heavy atom. The number of carbonyl (C=O) groups is 1. The van der Waals surface area contributed by atoms with E-state index in [0.717, 1.165) is 27.7 Å². The van der Waals surface area contributed by atoms with Crippen LogP contribution in [0.1, 0.15) is 24.0 Å². The number of benzene rings is 3. The second-order valence-electron chi connectivity index (χ2n) is 7.94. The van der Waals surface area contributed by atoms with E-state index in [2.05, 4.69) is 4.98 Å². The summed E-state index contributed by atoms with van der Waals surface area (Å²) < 4.78 is 24.8. The summed E-state index contributed by atoms with van der Waals surface area (Å²) in [6, 6.07) is 23.8. The highest BCUT2D eigenvalue weighted by atomic mass is 19.1. The van der Waals surface area contributed by atoms with Crippen molar-refractivity contribution in [2.24, 2.45) is 5.73 Å². The molecule has 6 heteroatoms. The number of para-hydroxylation sites is 1. The number of halogens is 1. The summed E-state index contributed by atoms with van der Waals surface area (Å²) in [7, 11) is 0. The lowest BCUT2D eigenvalue weighted by molar-refractivity contribution is -0.139. The molecule has 0 radical (unpaired) electrons. The van der Waals surface area contributed by atoms with Crippen LogP contribution in [0.3, 0.4) is 0 Å². The standard InChI is InChI=1S/C28H23FN2O3/c1-2-33-28(32)25-21(16-23(34-27(25)30)17-12-14-19(29)15-13-17)24-20-10-6-7-11-22(20)31-26(24)18-8-4-3-5-9-18/h3-16,21,31H,2,30H2,1H3. The molecule has 0 aliphatic carbocycles. The molecular formula is C28H23FN2O3. The van der Waals surface area contributed by atoms with Crippen molar-refractivity contribution in [2.75, 3.05) is 6.61 Å². The van der Waals surface area contributed by atoms with Gasteiger partial charge in [-0.25, -0.2) is 9.18 Å². The van der Waals surface area contributed by atoms with Crippen molar-refractivity contribution < 1.29 is 18.7 Å². The number of nitrogens with two attached hydrogens (primary N) is 1. The molecule has 0 spiro atoms. The van der Waals surface area contributed by atoms with Crippen LogP contribution in [-0.2, 0) is 14.3 Å². The minimum absolute atomic E-state index is 0.0328. The third-order valence-electron chi connectivity index (χ3n) is 5.86. The molecule has 3 aromatic carbocycles. The summed E-state index contributed by atoms with van der Waals surface area (Å²) >= 11 is 0. The maximum atomic E-state index is 13.5. The van der Waals surface area contributed by atoms with Crippen molar-refractivity contribution in [3.63, 3.8) is 0 Å². The zero-order valence-corrected chi connectivity index (χ0v) is 18.5. The lowest BCUT2D eigenvalue weighted by atomic mass is 9.85. The molecule has 5 nitrogen and oxygen atoms in total. The molecule has 1 unspecified atom stereocenters. The van der Waals surface area contributed by atoms with Gasteiger partial charge in [0, 0.05) is 22.4 Å². The molecule has 0 bridgehead atoms. The van der Waals surface area contributed by atoms with Gasteiger partial charge in [0.15, 0.2) is 0 Å². The van der Waals surface area contributed by atoms with Crippen LogP contribution in [0.5, 0.6) is 0 Å². The number of hydrogen-bond acceptors (Lipinski definition) is 4. The molecule has 0 saturated heterocycles. The summed E-state index contributed by atoms with van der Waals surface area (Å²) in [6.45, 7) is 1.95. The minimum atomic E-state index is -0.556. The van der Waals surface area contributed by atoms with Crippen LogP contribution in [-0.4, -0.2) is 17.6 Å². The summed E-state index contributed by atoms with van der Waals surface area (Å²) in [5.41, 5.74) is 10.9. The average molecular weight is 455 g/mol. The van der Waals surface area contributed by atoms with Crippen molar-refractivity contribution >= 4 is 22.6 Å². The maximum Gasteiger partial charge on any atom is 0.340 e. The fraction of sp³-hybridized carbons (Fsp3) is 0.107. The van der Waals surface area contributed by atoms with Crippen LogP contribution in [0.2, 0.25) is 0 Å². The number of aromatic nitrogens is 1. The molecule has 0 fully saturated rings. The Kier molecular flexibility index (Phi) is 5.64. The normalized spacial score (nSPS) is 15.7. The van der Waals surface area contributed by atoms with Gasteiger partial charge in [0.2, 0.25) is 5.88 Å². The molecular weight excluding hydrogens is 431 g/mol. The van der Waals surface area contributed by atoms with E-state index in [1.807, 2.05) is 60.7 Å². The predicted molar refractivity (Wildman–Crippen MR) is 130 cm³/mol. The molecule has 4 aromatic rings. The number of nitrogens with one attached hydrogen (secondary N) is 1. The Morgan fingerprint density at radius 2 is 1.71 bits per heavy atom. The summed E-state index contributed by atoms with van der Waals surface area (Å²) in [5, 5.41) is 0.956. The van der Waals surface area contributed by atoms with Gasteiger partial charge in [-0.2, -0.15) is 0 Å². The predicted octanol–water partition coefficient (Wildman–Crippen LogP) is 5.86. The van der Waals surface area contributed by atoms with Gasteiger partial charge in [-0.3, -0.25) is 0 Å². The molecule has 170 valence electrons. The highest BCUT2D eigenvalue weighted by Gasteiger charge is 2.35. The number of H-pyrrole nitrogens is 1. The fourth-order valence-electron chi connectivity index (χ4n) is 4.35. The highest BCUT2D eigenvalue weighted by molar-refractivity contribution is 5.98. The monoisotopic (exact) mass is 454 g/mol. The molecule has 1 aromatic heterocycles. The first-order valence-electron chi connectivity index (χ1n) is 11.0. The topological polar surface area (TPSA) is 77.3 Å². The summed E-state index contributed by atoms with van der Waals surface area (Å²) in [5.74, 6) is -1.03. The SMILES string of the molecule is CCOC(=O)C1=C(N)OC(c2ccc(F)cc2)=CC1c1c(-c2ccccc2)[nH]c2ccccc12. The van der Waals surface area contributed by atoms with Crippen molar-refractivity contribution in [3.8, 4) is 11.3 Å². The smallest absolute Gasteiger partial charge is 0.340 e. The number of rotatable bonds is 5. The largest absolute Gasteiger partial charge is 0.462 e. The van der Waals surface area contributed by atoms with Crippen LogP contribution in [0.4, 0.5) is 4.39 Å². The van der Waals surface area contributed by atoms with Crippen molar-refractivity contribution in [3.05, 3.63) is 113 Å². The number of hydrogen-bond donors (Lipinski definition) is 2. The molecule has 34 heavy (non-hydrogen) atoms. The Morgan fingerprint density at radius 1 is 1.00 bits per heavy atom. The van der Waals surface area contributed by atoms with E-state index in [4.69, 9.17) is 15.2 Å². The van der Waals surface area contributed by atoms with Gasteiger partial charge < -0.3 is 20.2 Å². The quantitative estimate of drug-likeness (QED) is 0.370. The third-order valence-corrected chi connectivity index (χ3v) is 5.86. The van der Waals surface area contributed by atoms with E-state index >= 15 is 0 Å². The van der Waals surface area contributed by atoms with Gasteiger partial charge in [0.1, 0.15) is 17.1 Å². The number of allylic oxidation sites excluding steroid dienone is 1. The van der Waals surface area contributed by atoms with E-state index in [1.54, 1.807) is 19.1 Å². The molecule has 1 aliphatic heterocycles. The van der Waals surface area contributed by atoms with E-state index in [-0.39, 0.29) is 23.9 Å². The molecule has 2 heterocycles. The number of ether oxygens (including phenoxy) is 2. The van der Waals surface area contributed by atoms with Crippen LogP contribution in [0, 0.1) is 5.82 Å². The van der Waals surface area contributed by atoms with E-state index < -0.39 is 11.9 Å². The second-order valence-corrected chi connectivity index (χ2v) is 7.94. The first kappa shape index (κ1) is 21.5. The van der Waals surface area contributed by atoms with Gasteiger partial charge >= 0.3 is 5.97 Å². The fourth-order valence-corrected chi connectivity index (χ4v) is 4.35. The molecule has 0 saturated carbocycles. The Labute approximate surface area is 196 Å². The van der Waals surface area contributed by atoms with Gasteiger partial charge in [-0.15, -0.1) is 0 Å². The molecule has 1 atom stereocenters. The lowest BCUT2D eigenvalue weighted by Crippen LogP contribution is -2.24. The van der Waals surface area contributed by atoms with Gasteiger partial charge in [0.25, 0.3) is 0 Å². The van der Waals surface area contributed by atoms with E-state index in [9.17, 15) is 9.18 Å². The lowest BCUT2D eigenvalue weighted by Gasteiger charge is -2.26. The van der Waals surface area contributed by atoms with Crippen molar-refractivity contribution in [1.82, 2.24) is 4.98 Å².